The number of carbonyl (C=O) groups excluding carboxylic acids is 1. The molecule has 19 heavy (non-hydrogen) atoms. The first-order valence-corrected chi connectivity index (χ1v) is 7.15. The Morgan fingerprint density at radius 3 is 2.95 bits per heavy atom. The molecule has 1 atom stereocenters. The first-order chi connectivity index (χ1) is 9.06. The van der Waals surface area contributed by atoms with E-state index < -0.39 is 0 Å². The van der Waals surface area contributed by atoms with Gasteiger partial charge in [-0.2, -0.15) is 0 Å². The molecule has 1 aromatic rings. The summed E-state index contributed by atoms with van der Waals surface area (Å²) in [7, 11) is 0. The number of carbonyl (C=O) groups is 1. The highest BCUT2D eigenvalue weighted by Gasteiger charge is 2.22. The molecular formula is C16H24N2O. The van der Waals surface area contributed by atoms with Crippen LogP contribution in [0.5, 0.6) is 0 Å². The number of rotatable bonds is 5. The Hall–Kier alpha value is -1.35. The van der Waals surface area contributed by atoms with Crippen molar-refractivity contribution >= 4 is 5.91 Å². The third-order valence-corrected chi connectivity index (χ3v) is 3.60. The molecule has 2 N–H and O–H groups in total. The molecule has 0 spiro atoms. The molecule has 104 valence electrons. The summed E-state index contributed by atoms with van der Waals surface area (Å²) in [5, 5.41) is 6.32. The third kappa shape index (κ3) is 3.80. The van der Waals surface area contributed by atoms with Gasteiger partial charge in [0.1, 0.15) is 0 Å². The fraction of sp³-hybridized carbons (Fsp3) is 0.562. The van der Waals surface area contributed by atoms with Crippen molar-refractivity contribution in [3.63, 3.8) is 0 Å². The molecule has 1 amide bonds. The van der Waals surface area contributed by atoms with E-state index in [1.165, 1.54) is 16.7 Å². The summed E-state index contributed by atoms with van der Waals surface area (Å²) in [6, 6.07) is 6.95. The van der Waals surface area contributed by atoms with Crippen LogP contribution in [0.1, 0.15) is 43.0 Å². The predicted molar refractivity (Wildman–Crippen MR) is 78.1 cm³/mol. The van der Waals surface area contributed by atoms with Crippen LogP contribution in [0.15, 0.2) is 18.2 Å². The molecule has 0 aliphatic heterocycles. The largest absolute Gasteiger partial charge is 0.355 e. The Morgan fingerprint density at radius 2 is 2.21 bits per heavy atom. The van der Waals surface area contributed by atoms with Gasteiger partial charge in [-0.05, 0) is 36.8 Å². The van der Waals surface area contributed by atoms with Crippen LogP contribution in [0.2, 0.25) is 0 Å². The zero-order valence-corrected chi connectivity index (χ0v) is 12.1. The summed E-state index contributed by atoms with van der Waals surface area (Å²) in [6.07, 6.45) is 2.21. The molecule has 0 saturated carbocycles. The molecule has 1 unspecified atom stereocenters. The van der Waals surface area contributed by atoms with Gasteiger partial charge in [0.25, 0.3) is 0 Å². The number of hydrogen-bond donors (Lipinski definition) is 2. The molecule has 0 bridgehead atoms. The molecule has 3 nitrogen and oxygen atoms in total. The summed E-state index contributed by atoms with van der Waals surface area (Å²) in [5.41, 5.74) is 4.08. The SMILES string of the molecule is Cc1ccc2c(c1)C(NCC(=O)NCC(C)C)CC2. The van der Waals surface area contributed by atoms with Crippen LogP contribution in [0.3, 0.4) is 0 Å². The van der Waals surface area contributed by atoms with E-state index >= 15 is 0 Å². The van der Waals surface area contributed by atoms with Crippen molar-refractivity contribution in [2.45, 2.75) is 39.7 Å². The number of fused-ring (bicyclic) bond motifs is 1. The lowest BCUT2D eigenvalue weighted by Gasteiger charge is -2.15. The minimum atomic E-state index is 0.0924. The average molecular weight is 260 g/mol. The lowest BCUT2D eigenvalue weighted by atomic mass is 10.1. The Morgan fingerprint density at radius 1 is 1.42 bits per heavy atom. The van der Waals surface area contributed by atoms with E-state index in [0.29, 0.717) is 18.5 Å². The van der Waals surface area contributed by atoms with Gasteiger partial charge < -0.3 is 10.6 Å². The summed E-state index contributed by atoms with van der Waals surface area (Å²) in [6.45, 7) is 7.48. The van der Waals surface area contributed by atoms with Crippen molar-refractivity contribution in [1.29, 1.82) is 0 Å². The number of benzene rings is 1. The first kappa shape index (κ1) is 14.1. The minimum Gasteiger partial charge on any atom is -0.355 e. The lowest BCUT2D eigenvalue weighted by Crippen LogP contribution is -2.36. The Labute approximate surface area is 115 Å². The molecule has 0 fully saturated rings. The van der Waals surface area contributed by atoms with Crippen molar-refractivity contribution in [3.8, 4) is 0 Å². The molecule has 2 rings (SSSR count). The van der Waals surface area contributed by atoms with Gasteiger partial charge in [-0.1, -0.05) is 37.6 Å². The van der Waals surface area contributed by atoms with Gasteiger partial charge in [0.05, 0.1) is 6.54 Å². The smallest absolute Gasteiger partial charge is 0.233 e. The van der Waals surface area contributed by atoms with E-state index in [1.54, 1.807) is 0 Å². The lowest BCUT2D eigenvalue weighted by molar-refractivity contribution is -0.120. The zero-order valence-electron chi connectivity index (χ0n) is 12.1. The maximum Gasteiger partial charge on any atom is 0.233 e. The molecule has 0 saturated heterocycles. The quantitative estimate of drug-likeness (QED) is 0.853. The summed E-state index contributed by atoms with van der Waals surface area (Å²) in [5.74, 6) is 0.591. The van der Waals surface area contributed by atoms with E-state index in [-0.39, 0.29) is 5.91 Å². The Bertz CT molecular complexity index is 454. The van der Waals surface area contributed by atoms with E-state index in [1.807, 2.05) is 0 Å². The average Bonchev–Trinajstić information content (AvgIpc) is 2.76. The Kier molecular flexibility index (Phi) is 4.59. The number of amides is 1. The van der Waals surface area contributed by atoms with Crippen LogP contribution in [-0.2, 0) is 11.2 Å². The topological polar surface area (TPSA) is 41.1 Å². The molecule has 1 aromatic carbocycles. The molecule has 1 aliphatic rings. The van der Waals surface area contributed by atoms with Crippen LogP contribution in [0.4, 0.5) is 0 Å². The molecular weight excluding hydrogens is 236 g/mol. The van der Waals surface area contributed by atoms with Gasteiger partial charge in [0.15, 0.2) is 0 Å². The molecule has 0 radical (unpaired) electrons. The van der Waals surface area contributed by atoms with Crippen LogP contribution in [0, 0.1) is 12.8 Å². The summed E-state index contributed by atoms with van der Waals surface area (Å²) in [4.78, 5) is 11.7. The van der Waals surface area contributed by atoms with Crippen molar-refractivity contribution in [3.05, 3.63) is 34.9 Å². The van der Waals surface area contributed by atoms with Crippen LogP contribution in [-0.4, -0.2) is 19.0 Å². The normalized spacial score (nSPS) is 17.6. The highest BCUT2D eigenvalue weighted by molar-refractivity contribution is 5.78. The molecule has 1 aliphatic carbocycles. The minimum absolute atomic E-state index is 0.0924. The van der Waals surface area contributed by atoms with Gasteiger partial charge in [-0.25, -0.2) is 0 Å². The summed E-state index contributed by atoms with van der Waals surface area (Å²) < 4.78 is 0. The van der Waals surface area contributed by atoms with E-state index in [0.717, 1.165) is 19.4 Å². The fourth-order valence-corrected chi connectivity index (χ4v) is 2.53. The maximum absolute atomic E-state index is 11.7. The first-order valence-electron chi connectivity index (χ1n) is 7.15. The number of nitrogens with one attached hydrogen (secondary N) is 2. The number of aryl methyl sites for hydroxylation is 2. The third-order valence-electron chi connectivity index (χ3n) is 3.60. The molecule has 3 heteroatoms. The van der Waals surface area contributed by atoms with Crippen molar-refractivity contribution < 1.29 is 4.79 Å². The second-order valence-electron chi connectivity index (χ2n) is 5.87. The van der Waals surface area contributed by atoms with E-state index in [9.17, 15) is 4.79 Å². The highest BCUT2D eigenvalue weighted by atomic mass is 16.1. The van der Waals surface area contributed by atoms with Crippen LogP contribution >= 0.6 is 0 Å². The van der Waals surface area contributed by atoms with Crippen LogP contribution in [0.25, 0.3) is 0 Å². The molecule has 0 heterocycles. The zero-order chi connectivity index (χ0) is 13.8. The maximum atomic E-state index is 11.7. The van der Waals surface area contributed by atoms with Crippen molar-refractivity contribution in [2.24, 2.45) is 5.92 Å². The van der Waals surface area contributed by atoms with E-state index in [2.05, 4.69) is 49.6 Å². The van der Waals surface area contributed by atoms with Gasteiger partial charge in [0.2, 0.25) is 5.91 Å². The standard InChI is InChI=1S/C16H24N2O/c1-11(2)9-18-16(19)10-17-15-7-6-13-5-4-12(3)8-14(13)15/h4-5,8,11,15,17H,6-7,9-10H2,1-3H3,(H,18,19). The Balaban J connectivity index is 1.86. The highest BCUT2D eigenvalue weighted by Crippen LogP contribution is 2.31. The summed E-state index contributed by atoms with van der Waals surface area (Å²) >= 11 is 0. The van der Waals surface area contributed by atoms with E-state index in [4.69, 9.17) is 0 Å². The second kappa shape index (κ2) is 6.20. The van der Waals surface area contributed by atoms with Crippen LogP contribution < -0.4 is 10.6 Å². The van der Waals surface area contributed by atoms with Gasteiger partial charge in [0, 0.05) is 12.6 Å². The second-order valence-corrected chi connectivity index (χ2v) is 5.87. The predicted octanol–water partition coefficient (Wildman–Crippen LogP) is 2.34. The van der Waals surface area contributed by atoms with Gasteiger partial charge in [-0.15, -0.1) is 0 Å². The monoisotopic (exact) mass is 260 g/mol. The van der Waals surface area contributed by atoms with Crippen molar-refractivity contribution in [2.75, 3.05) is 13.1 Å². The van der Waals surface area contributed by atoms with Gasteiger partial charge in [-0.3, -0.25) is 4.79 Å². The molecule has 0 aromatic heterocycles. The van der Waals surface area contributed by atoms with Crippen molar-refractivity contribution in [1.82, 2.24) is 10.6 Å². The fourth-order valence-electron chi connectivity index (χ4n) is 2.53. The number of hydrogen-bond acceptors (Lipinski definition) is 2. The van der Waals surface area contributed by atoms with Gasteiger partial charge >= 0.3 is 0 Å².